The fourth-order valence-corrected chi connectivity index (χ4v) is 3.55. The zero-order valence-electron chi connectivity index (χ0n) is 17.6. The lowest BCUT2D eigenvalue weighted by atomic mass is 9.96. The third-order valence-corrected chi connectivity index (χ3v) is 5.47. The first-order valence-corrected chi connectivity index (χ1v) is 10.3. The number of hydrogen-bond acceptors (Lipinski definition) is 5. The summed E-state index contributed by atoms with van der Waals surface area (Å²) in [4.78, 5) is 38.8. The van der Waals surface area contributed by atoms with E-state index in [1.807, 2.05) is 30.3 Å². The number of esters is 1. The summed E-state index contributed by atoms with van der Waals surface area (Å²) in [6.45, 7) is 4.00. The first kappa shape index (κ1) is 22.0. The molecule has 0 aromatic heterocycles. The van der Waals surface area contributed by atoms with Gasteiger partial charge in [-0.1, -0.05) is 32.0 Å². The van der Waals surface area contributed by atoms with Crippen molar-refractivity contribution in [2.75, 3.05) is 23.4 Å². The maximum atomic E-state index is 12.6. The van der Waals surface area contributed by atoms with E-state index in [0.717, 1.165) is 17.7 Å². The Bertz CT molecular complexity index is 1010. The van der Waals surface area contributed by atoms with Crippen molar-refractivity contribution >= 4 is 29.2 Å². The molecule has 1 N–H and O–H groups in total. The monoisotopic (exact) mass is 419 g/mol. The van der Waals surface area contributed by atoms with Gasteiger partial charge in [-0.2, -0.15) is 5.26 Å². The maximum Gasteiger partial charge on any atom is 0.311 e. The minimum Gasteiger partial charge on any atom is -0.455 e. The summed E-state index contributed by atoms with van der Waals surface area (Å²) in [7, 11) is 0. The van der Waals surface area contributed by atoms with Crippen molar-refractivity contribution in [3.63, 3.8) is 0 Å². The third kappa shape index (κ3) is 5.28. The summed E-state index contributed by atoms with van der Waals surface area (Å²) in [5.41, 5.74) is 2.89. The molecule has 1 heterocycles. The lowest BCUT2D eigenvalue weighted by molar-refractivity contribution is -0.151. The van der Waals surface area contributed by atoms with Crippen LogP contribution < -0.4 is 10.2 Å². The number of nitrogens with zero attached hydrogens (tertiary/aromatic N) is 2. The molecular weight excluding hydrogens is 394 g/mol. The minimum atomic E-state index is -0.611. The molecule has 1 aliphatic rings. The van der Waals surface area contributed by atoms with Gasteiger partial charge in [-0.15, -0.1) is 0 Å². The van der Waals surface area contributed by atoms with Crippen molar-refractivity contribution in [2.45, 2.75) is 32.6 Å². The maximum absolute atomic E-state index is 12.6. The zero-order chi connectivity index (χ0) is 22.4. The third-order valence-electron chi connectivity index (χ3n) is 5.47. The van der Waals surface area contributed by atoms with Gasteiger partial charge in [0.2, 0.25) is 5.91 Å². The van der Waals surface area contributed by atoms with E-state index in [4.69, 9.17) is 10.00 Å². The molecule has 0 unspecified atom stereocenters. The Labute approximate surface area is 181 Å². The smallest absolute Gasteiger partial charge is 0.311 e. The van der Waals surface area contributed by atoms with E-state index in [1.165, 1.54) is 0 Å². The average molecular weight is 419 g/mol. The van der Waals surface area contributed by atoms with Crippen LogP contribution in [0.25, 0.3) is 0 Å². The van der Waals surface area contributed by atoms with Crippen LogP contribution in [-0.2, 0) is 19.1 Å². The predicted octanol–water partition coefficient (Wildman–Crippen LogP) is 3.61. The molecule has 31 heavy (non-hydrogen) atoms. The van der Waals surface area contributed by atoms with Gasteiger partial charge in [-0.05, 0) is 48.2 Å². The SMILES string of the molecule is CC[C@@H](C)c1ccccc1N1C[C@@H](C(=O)OCC(=O)Nc2ccc(C#N)cc2)CC1=O. The van der Waals surface area contributed by atoms with E-state index < -0.39 is 24.4 Å². The molecule has 7 nitrogen and oxygen atoms in total. The van der Waals surface area contributed by atoms with Crippen molar-refractivity contribution in [2.24, 2.45) is 5.92 Å². The van der Waals surface area contributed by atoms with E-state index in [0.29, 0.717) is 17.2 Å². The number of amides is 2. The molecule has 1 saturated heterocycles. The van der Waals surface area contributed by atoms with E-state index in [2.05, 4.69) is 19.2 Å². The van der Waals surface area contributed by atoms with Crippen LogP contribution in [0.3, 0.4) is 0 Å². The standard InChI is InChI=1S/C24H25N3O4/c1-3-16(2)20-6-4-5-7-21(20)27-14-18(12-23(27)29)24(30)31-15-22(28)26-19-10-8-17(13-25)9-11-19/h4-11,16,18H,3,12,14-15H2,1-2H3,(H,26,28)/t16-,18+/m1/s1. The Kier molecular flexibility index (Phi) is 7.03. The van der Waals surface area contributed by atoms with Gasteiger partial charge in [0.05, 0.1) is 17.6 Å². The highest BCUT2D eigenvalue weighted by atomic mass is 16.5. The molecule has 1 fully saturated rings. The lowest BCUT2D eigenvalue weighted by Gasteiger charge is -2.23. The number of anilines is 2. The second kappa shape index (κ2) is 9.90. The Balaban J connectivity index is 1.57. The normalized spacial score (nSPS) is 16.5. The number of hydrogen-bond donors (Lipinski definition) is 1. The molecule has 2 amide bonds. The van der Waals surface area contributed by atoms with Crippen LogP contribution >= 0.6 is 0 Å². The second-order valence-electron chi connectivity index (χ2n) is 7.62. The number of benzene rings is 2. The molecule has 0 aliphatic carbocycles. The summed E-state index contributed by atoms with van der Waals surface area (Å²) in [5.74, 6) is -1.49. The van der Waals surface area contributed by atoms with Crippen LogP contribution in [0.4, 0.5) is 11.4 Å². The minimum absolute atomic E-state index is 0.0604. The van der Waals surface area contributed by atoms with Crippen LogP contribution in [0.15, 0.2) is 48.5 Å². The second-order valence-corrected chi connectivity index (χ2v) is 7.62. The van der Waals surface area contributed by atoms with Crippen molar-refractivity contribution in [1.82, 2.24) is 0 Å². The van der Waals surface area contributed by atoms with E-state index in [-0.39, 0.29) is 18.9 Å². The molecule has 7 heteroatoms. The van der Waals surface area contributed by atoms with Crippen molar-refractivity contribution in [3.8, 4) is 6.07 Å². The van der Waals surface area contributed by atoms with Gasteiger partial charge in [0.25, 0.3) is 5.91 Å². The van der Waals surface area contributed by atoms with Crippen LogP contribution in [0.1, 0.15) is 43.7 Å². The number of nitrogens with one attached hydrogen (secondary N) is 1. The van der Waals surface area contributed by atoms with Gasteiger partial charge in [0, 0.05) is 24.3 Å². The van der Waals surface area contributed by atoms with Crippen molar-refractivity contribution < 1.29 is 19.1 Å². The van der Waals surface area contributed by atoms with Gasteiger partial charge in [-0.25, -0.2) is 0 Å². The molecule has 0 saturated carbocycles. The summed E-state index contributed by atoms with van der Waals surface area (Å²) in [6.07, 6.45) is 1.00. The number of nitriles is 1. The van der Waals surface area contributed by atoms with Crippen LogP contribution in [0, 0.1) is 17.2 Å². The number of carbonyl (C=O) groups excluding carboxylic acids is 3. The summed E-state index contributed by atoms with van der Waals surface area (Å²) < 4.78 is 5.15. The topological polar surface area (TPSA) is 99.5 Å². The molecule has 0 spiro atoms. The summed E-state index contributed by atoms with van der Waals surface area (Å²) in [5, 5.41) is 11.4. The highest BCUT2D eigenvalue weighted by Gasteiger charge is 2.37. The molecule has 1 aliphatic heterocycles. The van der Waals surface area contributed by atoms with E-state index >= 15 is 0 Å². The number of rotatable bonds is 7. The quantitative estimate of drug-likeness (QED) is 0.691. The number of para-hydroxylation sites is 1. The predicted molar refractivity (Wildman–Crippen MR) is 116 cm³/mol. The Hall–Kier alpha value is -3.66. The van der Waals surface area contributed by atoms with E-state index in [9.17, 15) is 14.4 Å². The van der Waals surface area contributed by atoms with Crippen LogP contribution in [0.5, 0.6) is 0 Å². The molecular formula is C24H25N3O4. The Morgan fingerprint density at radius 1 is 1.23 bits per heavy atom. The lowest BCUT2D eigenvalue weighted by Crippen LogP contribution is -2.29. The molecule has 2 atom stereocenters. The summed E-state index contributed by atoms with van der Waals surface area (Å²) in [6, 6.07) is 16.1. The van der Waals surface area contributed by atoms with Crippen LogP contribution in [-0.4, -0.2) is 30.9 Å². The van der Waals surface area contributed by atoms with Gasteiger partial charge < -0.3 is 15.0 Å². The summed E-state index contributed by atoms with van der Waals surface area (Å²) >= 11 is 0. The van der Waals surface area contributed by atoms with Crippen molar-refractivity contribution in [1.29, 1.82) is 5.26 Å². The first-order valence-electron chi connectivity index (χ1n) is 10.3. The number of carbonyl (C=O) groups is 3. The van der Waals surface area contributed by atoms with E-state index in [1.54, 1.807) is 29.2 Å². The van der Waals surface area contributed by atoms with Gasteiger partial charge in [0.1, 0.15) is 0 Å². The van der Waals surface area contributed by atoms with Gasteiger partial charge in [-0.3, -0.25) is 14.4 Å². The highest BCUT2D eigenvalue weighted by molar-refractivity contribution is 6.00. The fourth-order valence-electron chi connectivity index (χ4n) is 3.55. The molecule has 3 rings (SSSR count). The largest absolute Gasteiger partial charge is 0.455 e. The van der Waals surface area contributed by atoms with Gasteiger partial charge >= 0.3 is 5.97 Å². The Morgan fingerprint density at radius 2 is 1.94 bits per heavy atom. The molecule has 2 aromatic rings. The molecule has 0 radical (unpaired) electrons. The molecule has 160 valence electrons. The fraction of sp³-hybridized carbons (Fsp3) is 0.333. The zero-order valence-corrected chi connectivity index (χ0v) is 17.6. The average Bonchev–Trinajstić information content (AvgIpc) is 3.19. The molecule has 0 bridgehead atoms. The highest BCUT2D eigenvalue weighted by Crippen LogP contribution is 2.33. The van der Waals surface area contributed by atoms with Crippen molar-refractivity contribution in [3.05, 3.63) is 59.7 Å². The molecule has 2 aromatic carbocycles. The number of ether oxygens (including phenoxy) is 1. The first-order chi connectivity index (χ1) is 14.9. The van der Waals surface area contributed by atoms with Gasteiger partial charge in [0.15, 0.2) is 6.61 Å². The van der Waals surface area contributed by atoms with Crippen LogP contribution in [0.2, 0.25) is 0 Å². The Morgan fingerprint density at radius 3 is 2.61 bits per heavy atom.